The lowest BCUT2D eigenvalue weighted by Crippen LogP contribution is -2.41. The smallest absolute Gasteiger partial charge is 0.196 e. The van der Waals surface area contributed by atoms with Crippen molar-refractivity contribution >= 4 is 23.4 Å². The Kier molecular flexibility index (Phi) is 5.19. The van der Waals surface area contributed by atoms with Gasteiger partial charge in [0.15, 0.2) is 5.96 Å². The van der Waals surface area contributed by atoms with Gasteiger partial charge < -0.3 is 10.6 Å². The van der Waals surface area contributed by atoms with E-state index in [1.807, 2.05) is 54.0 Å². The van der Waals surface area contributed by atoms with Gasteiger partial charge in [0, 0.05) is 18.8 Å². The van der Waals surface area contributed by atoms with Gasteiger partial charge in [0.2, 0.25) is 0 Å². The molecule has 0 saturated heterocycles. The predicted molar refractivity (Wildman–Crippen MR) is 73.3 cm³/mol. The van der Waals surface area contributed by atoms with Crippen LogP contribution in [0.1, 0.15) is 6.92 Å². The molecule has 1 rings (SSSR count). The summed E-state index contributed by atoms with van der Waals surface area (Å²) in [6.07, 6.45) is 2.09. The maximum absolute atomic E-state index is 5.95. The third-order valence-electron chi connectivity index (χ3n) is 2.43. The van der Waals surface area contributed by atoms with Gasteiger partial charge in [-0.25, -0.2) is 4.99 Å². The lowest BCUT2D eigenvalue weighted by atomic mass is 10.3. The van der Waals surface area contributed by atoms with Crippen molar-refractivity contribution in [1.29, 1.82) is 0 Å². The summed E-state index contributed by atoms with van der Waals surface area (Å²) in [5.41, 5.74) is 6.84. The van der Waals surface area contributed by atoms with Crippen LogP contribution >= 0.6 is 11.8 Å². The molecule has 1 unspecified atom stereocenters. The number of hydrogen-bond donors (Lipinski definition) is 1. The molecule has 0 radical (unpaired) electrons. The van der Waals surface area contributed by atoms with E-state index in [9.17, 15) is 0 Å². The average molecular weight is 237 g/mol. The molecular formula is C12H19N3S. The van der Waals surface area contributed by atoms with Gasteiger partial charge in [-0.3, -0.25) is 0 Å². The van der Waals surface area contributed by atoms with Crippen molar-refractivity contribution in [2.24, 2.45) is 10.7 Å². The van der Waals surface area contributed by atoms with Crippen LogP contribution in [0.4, 0.5) is 5.69 Å². The minimum atomic E-state index is 0.391. The molecule has 88 valence electrons. The first kappa shape index (κ1) is 12.9. The first-order valence-corrected chi connectivity index (χ1v) is 6.65. The first-order chi connectivity index (χ1) is 7.65. The van der Waals surface area contributed by atoms with Crippen LogP contribution in [0, 0.1) is 0 Å². The van der Waals surface area contributed by atoms with Gasteiger partial charge in [0.05, 0.1) is 5.69 Å². The normalized spacial score (nSPS) is 13.6. The molecule has 1 atom stereocenters. The van der Waals surface area contributed by atoms with Crippen LogP contribution in [0.3, 0.4) is 0 Å². The van der Waals surface area contributed by atoms with Crippen LogP contribution in [-0.4, -0.2) is 36.0 Å². The number of thioether (sulfide) groups is 1. The topological polar surface area (TPSA) is 41.6 Å². The molecule has 0 saturated carbocycles. The number of aliphatic imine (C=N–C) groups is 1. The lowest BCUT2D eigenvalue weighted by Gasteiger charge is -2.25. The molecule has 0 bridgehead atoms. The largest absolute Gasteiger partial charge is 0.369 e. The summed E-state index contributed by atoms with van der Waals surface area (Å²) in [6.45, 7) is 2.14. The van der Waals surface area contributed by atoms with Gasteiger partial charge in [-0.1, -0.05) is 18.2 Å². The van der Waals surface area contributed by atoms with Crippen LogP contribution in [0.2, 0.25) is 0 Å². The van der Waals surface area contributed by atoms with Gasteiger partial charge in [-0.2, -0.15) is 11.8 Å². The zero-order chi connectivity index (χ0) is 12.0. The van der Waals surface area contributed by atoms with E-state index >= 15 is 0 Å². The summed E-state index contributed by atoms with van der Waals surface area (Å²) < 4.78 is 0. The fraction of sp³-hybridized carbons (Fsp3) is 0.417. The van der Waals surface area contributed by atoms with Gasteiger partial charge in [0.1, 0.15) is 0 Å². The number of hydrogen-bond acceptors (Lipinski definition) is 2. The first-order valence-electron chi connectivity index (χ1n) is 5.26. The molecule has 1 aromatic rings. The second kappa shape index (κ2) is 6.43. The van der Waals surface area contributed by atoms with E-state index in [1.54, 1.807) is 0 Å². The fourth-order valence-electron chi connectivity index (χ4n) is 1.29. The van der Waals surface area contributed by atoms with Crippen LogP contribution in [0.5, 0.6) is 0 Å². The molecule has 0 amide bonds. The summed E-state index contributed by atoms with van der Waals surface area (Å²) in [7, 11) is 1.97. The maximum Gasteiger partial charge on any atom is 0.196 e. The standard InChI is InChI=1S/C12H19N3S/c1-10(9-16-3)15(2)12(13)14-11-7-5-4-6-8-11/h4-8,10H,9H2,1-3H3,(H2,13,14). The molecule has 0 fully saturated rings. The van der Waals surface area contributed by atoms with Gasteiger partial charge in [-0.15, -0.1) is 0 Å². The number of nitrogens with two attached hydrogens (primary N) is 1. The van der Waals surface area contributed by atoms with Gasteiger partial charge in [0.25, 0.3) is 0 Å². The van der Waals surface area contributed by atoms with E-state index in [1.165, 1.54) is 0 Å². The van der Waals surface area contributed by atoms with Crippen LogP contribution in [0.25, 0.3) is 0 Å². The molecule has 4 heteroatoms. The zero-order valence-electron chi connectivity index (χ0n) is 10.1. The van der Waals surface area contributed by atoms with Crippen LogP contribution in [-0.2, 0) is 0 Å². The Balaban J connectivity index is 2.70. The molecule has 0 aliphatic heterocycles. The molecule has 1 aromatic carbocycles. The summed E-state index contributed by atoms with van der Waals surface area (Å²) >= 11 is 1.81. The third kappa shape index (κ3) is 3.77. The monoisotopic (exact) mass is 237 g/mol. The summed E-state index contributed by atoms with van der Waals surface area (Å²) in [5.74, 6) is 1.61. The number of nitrogens with zero attached hydrogens (tertiary/aromatic N) is 2. The average Bonchev–Trinajstić information content (AvgIpc) is 2.29. The van der Waals surface area contributed by atoms with Crippen LogP contribution in [0.15, 0.2) is 35.3 Å². The molecule has 0 spiro atoms. The van der Waals surface area contributed by atoms with Crippen LogP contribution < -0.4 is 5.73 Å². The molecule has 2 N–H and O–H groups in total. The quantitative estimate of drug-likeness (QED) is 0.645. The molecule has 16 heavy (non-hydrogen) atoms. The Morgan fingerprint density at radius 3 is 2.62 bits per heavy atom. The SMILES string of the molecule is CSCC(C)N(C)C(N)=Nc1ccccc1. The molecule has 0 aliphatic carbocycles. The van der Waals surface area contributed by atoms with Crippen molar-refractivity contribution in [2.75, 3.05) is 19.1 Å². The van der Waals surface area contributed by atoms with E-state index in [4.69, 9.17) is 5.73 Å². The van der Waals surface area contributed by atoms with Crippen molar-refractivity contribution in [3.63, 3.8) is 0 Å². The highest BCUT2D eigenvalue weighted by molar-refractivity contribution is 7.98. The Bertz CT molecular complexity index is 337. The predicted octanol–water partition coefficient (Wildman–Crippen LogP) is 2.32. The summed E-state index contributed by atoms with van der Waals surface area (Å²) in [6, 6.07) is 10.2. The number of para-hydroxylation sites is 1. The van der Waals surface area contributed by atoms with Crippen molar-refractivity contribution in [1.82, 2.24) is 4.90 Å². The molecular weight excluding hydrogens is 218 g/mol. The van der Waals surface area contributed by atoms with Gasteiger partial charge in [-0.05, 0) is 25.3 Å². The van der Waals surface area contributed by atoms with Crippen molar-refractivity contribution in [3.8, 4) is 0 Å². The Hall–Kier alpha value is -1.16. The maximum atomic E-state index is 5.95. The molecule has 0 aliphatic rings. The Morgan fingerprint density at radius 2 is 2.06 bits per heavy atom. The highest BCUT2D eigenvalue weighted by Gasteiger charge is 2.10. The third-order valence-corrected chi connectivity index (χ3v) is 3.25. The van der Waals surface area contributed by atoms with Crippen molar-refractivity contribution in [2.45, 2.75) is 13.0 Å². The van der Waals surface area contributed by atoms with E-state index in [0.717, 1.165) is 11.4 Å². The van der Waals surface area contributed by atoms with E-state index in [-0.39, 0.29) is 0 Å². The number of rotatable bonds is 4. The van der Waals surface area contributed by atoms with E-state index in [0.29, 0.717) is 12.0 Å². The lowest BCUT2D eigenvalue weighted by molar-refractivity contribution is 0.419. The van der Waals surface area contributed by atoms with Crippen molar-refractivity contribution in [3.05, 3.63) is 30.3 Å². The minimum Gasteiger partial charge on any atom is -0.369 e. The summed E-state index contributed by atoms with van der Waals surface area (Å²) in [4.78, 5) is 6.38. The highest BCUT2D eigenvalue weighted by atomic mass is 32.2. The zero-order valence-corrected chi connectivity index (χ0v) is 10.9. The van der Waals surface area contributed by atoms with Crippen molar-refractivity contribution < 1.29 is 0 Å². The Labute approximate surface area is 102 Å². The Morgan fingerprint density at radius 1 is 1.44 bits per heavy atom. The second-order valence-corrected chi connectivity index (χ2v) is 4.63. The van der Waals surface area contributed by atoms with Gasteiger partial charge >= 0.3 is 0 Å². The van der Waals surface area contributed by atoms with E-state index in [2.05, 4.69) is 18.2 Å². The fourth-order valence-corrected chi connectivity index (χ4v) is 2.00. The van der Waals surface area contributed by atoms with E-state index < -0.39 is 0 Å². The minimum absolute atomic E-state index is 0.391. The number of benzene rings is 1. The highest BCUT2D eigenvalue weighted by Crippen LogP contribution is 2.11. The molecule has 0 heterocycles. The second-order valence-electron chi connectivity index (χ2n) is 3.72. The summed E-state index contributed by atoms with van der Waals surface area (Å²) in [5, 5.41) is 0. The molecule has 0 aromatic heterocycles. The molecule has 3 nitrogen and oxygen atoms in total. The number of guanidine groups is 1.